The number of rotatable bonds is 2. The Balaban J connectivity index is 1.46. The summed E-state index contributed by atoms with van der Waals surface area (Å²) in [6.45, 7) is 6.27. The van der Waals surface area contributed by atoms with E-state index in [9.17, 15) is 6.17 Å². The van der Waals surface area contributed by atoms with Gasteiger partial charge in [-0.05, 0) is 84.3 Å². The first-order chi connectivity index (χ1) is 14.3. The number of carbonyl (C=O) groups excluding carboxylic acids is 1. The molecule has 0 bridgehead atoms. The zero-order valence-electron chi connectivity index (χ0n) is 18.9. The predicted octanol–water partition coefficient (Wildman–Crippen LogP) is 5.97. The number of allylic oxidation sites excluding steroid dienone is 3. The van der Waals surface area contributed by atoms with Crippen LogP contribution < -0.4 is 0 Å². The summed E-state index contributed by atoms with van der Waals surface area (Å²) in [7, 11) is 0. The highest BCUT2D eigenvalue weighted by atomic mass is 16.5. The summed E-state index contributed by atoms with van der Waals surface area (Å²) in [6, 6.07) is 4.16. The van der Waals surface area contributed by atoms with Crippen molar-refractivity contribution in [3.63, 3.8) is 0 Å². The summed E-state index contributed by atoms with van der Waals surface area (Å²) in [4.78, 5) is 15.8. The lowest BCUT2D eigenvalue weighted by Gasteiger charge is -2.57. The first kappa shape index (κ1) is 17.9. The van der Waals surface area contributed by atoms with E-state index < -0.39 is 5.89 Å². The van der Waals surface area contributed by atoms with Crippen molar-refractivity contribution in [3.8, 4) is 0 Å². The van der Waals surface area contributed by atoms with Gasteiger partial charge >= 0.3 is 5.97 Å². The molecule has 4 aliphatic carbocycles. The van der Waals surface area contributed by atoms with Crippen molar-refractivity contribution in [2.45, 2.75) is 71.8 Å². The molecule has 2 saturated carbocycles. The van der Waals surface area contributed by atoms with Crippen molar-refractivity contribution in [2.24, 2.45) is 28.6 Å². The maximum Gasteiger partial charge on any atom is 0.302 e. The number of esters is 1. The van der Waals surface area contributed by atoms with Gasteiger partial charge in [-0.25, -0.2) is 0 Å². The third kappa shape index (κ3) is 2.92. The summed E-state index contributed by atoms with van der Waals surface area (Å²) in [5.74, 6) is 0.291. The van der Waals surface area contributed by atoms with Crippen molar-refractivity contribution in [1.29, 1.82) is 0 Å². The van der Waals surface area contributed by atoms with Crippen molar-refractivity contribution in [1.82, 2.24) is 4.98 Å². The van der Waals surface area contributed by atoms with Crippen LogP contribution in [-0.4, -0.2) is 17.1 Å². The first-order valence-electron chi connectivity index (χ1n) is 11.8. The van der Waals surface area contributed by atoms with Crippen LogP contribution >= 0.6 is 0 Å². The first-order valence-corrected chi connectivity index (χ1v) is 11.3. The second kappa shape index (κ2) is 6.82. The molecule has 0 saturated heterocycles. The second-order valence-corrected chi connectivity index (χ2v) is 10.0. The van der Waals surface area contributed by atoms with E-state index in [2.05, 4.69) is 37.0 Å². The Labute approximate surface area is 176 Å². The third-order valence-electron chi connectivity index (χ3n) is 8.63. The molecule has 3 unspecified atom stereocenters. The summed E-state index contributed by atoms with van der Waals surface area (Å²) in [5.41, 5.74) is 4.03. The highest BCUT2D eigenvalue weighted by Crippen LogP contribution is 2.66. The third-order valence-corrected chi connectivity index (χ3v) is 8.63. The Morgan fingerprint density at radius 3 is 2.79 bits per heavy atom. The number of pyridine rings is 1. The quantitative estimate of drug-likeness (QED) is 0.460. The minimum absolute atomic E-state index is 0.0301. The smallest absolute Gasteiger partial charge is 0.302 e. The molecule has 0 spiro atoms. The molecule has 1 aromatic rings. The molecule has 3 nitrogen and oxygen atoms in total. The van der Waals surface area contributed by atoms with E-state index in [0.717, 1.165) is 38.5 Å². The van der Waals surface area contributed by atoms with Crippen LogP contribution in [0.1, 0.15) is 72.7 Å². The van der Waals surface area contributed by atoms with Gasteiger partial charge < -0.3 is 4.74 Å². The summed E-state index contributed by atoms with van der Waals surface area (Å²) in [5, 5.41) is 0. The molecule has 1 aromatic heterocycles. The van der Waals surface area contributed by atoms with E-state index >= 15 is 0 Å². The second-order valence-electron chi connectivity index (χ2n) is 10.0. The fraction of sp³-hybridized carbons (Fsp3) is 0.615. The van der Waals surface area contributed by atoms with Crippen LogP contribution in [0.2, 0.25) is 0 Å². The van der Waals surface area contributed by atoms with Gasteiger partial charge in [-0.15, -0.1) is 0 Å². The molecule has 2 fully saturated rings. The molecule has 3 heteroatoms. The molecule has 0 aromatic carbocycles. The highest BCUT2D eigenvalue weighted by molar-refractivity contribution is 5.72. The normalized spacial score (nSPS) is 43.8. The summed E-state index contributed by atoms with van der Waals surface area (Å²) in [6.07, 6.45) is 15.5. The summed E-state index contributed by atoms with van der Waals surface area (Å²) >= 11 is 0. The highest BCUT2D eigenvalue weighted by Gasteiger charge is 2.56. The summed E-state index contributed by atoms with van der Waals surface area (Å²) < 4.78 is 15.4. The standard InChI is InChI=1S/C26H33NO2/c1-17(28)29-20-10-12-25(2)19(15-20)6-7-21-23-9-8-22(18-5-4-14-27-16-18)26(23,3)13-11-24(21)25/h4-6,8,14,16,20-21,23-24H,7,9-13,15H2,1-3H3/t20-,21?,23?,24?,25-,26+/m0/s1/i23D. The Kier molecular flexibility index (Phi) is 4.21. The molecule has 4 aliphatic rings. The number of nitrogens with zero attached hydrogens (tertiary/aromatic N) is 1. The zero-order chi connectivity index (χ0) is 21.1. The topological polar surface area (TPSA) is 39.2 Å². The monoisotopic (exact) mass is 392 g/mol. The Bertz CT molecular complexity index is 924. The lowest BCUT2D eigenvalue weighted by atomic mass is 9.47. The van der Waals surface area contributed by atoms with E-state index in [4.69, 9.17) is 4.74 Å². The average Bonchev–Trinajstić information content (AvgIpc) is 3.00. The van der Waals surface area contributed by atoms with Crippen LogP contribution in [0.5, 0.6) is 0 Å². The predicted molar refractivity (Wildman–Crippen MR) is 115 cm³/mol. The van der Waals surface area contributed by atoms with Crippen LogP contribution in [0.4, 0.5) is 0 Å². The van der Waals surface area contributed by atoms with Gasteiger partial charge in [0.2, 0.25) is 0 Å². The van der Waals surface area contributed by atoms with Crippen molar-refractivity contribution in [3.05, 3.63) is 47.8 Å². The average molecular weight is 393 g/mol. The van der Waals surface area contributed by atoms with Gasteiger partial charge in [0.05, 0.1) is 0 Å². The number of aromatic nitrogens is 1. The van der Waals surface area contributed by atoms with Gasteiger partial charge in [0.15, 0.2) is 0 Å². The molecule has 154 valence electrons. The molecule has 0 N–H and O–H groups in total. The number of carbonyl (C=O) groups is 1. The van der Waals surface area contributed by atoms with E-state index in [1.54, 1.807) is 0 Å². The maximum atomic E-state index is 11.5. The maximum absolute atomic E-state index is 11.5. The fourth-order valence-electron chi connectivity index (χ4n) is 7.15. The van der Waals surface area contributed by atoms with Crippen LogP contribution in [0.3, 0.4) is 0 Å². The molecular weight excluding hydrogens is 358 g/mol. The SMILES string of the molecule is [2H]C12CC=C(c3cccnc3)[C@@]1(C)CCC1C2CC=C2C[C@@H](OC(C)=O)CC[C@@]21C. The van der Waals surface area contributed by atoms with Gasteiger partial charge in [0.1, 0.15) is 6.10 Å². The van der Waals surface area contributed by atoms with Gasteiger partial charge in [-0.3, -0.25) is 9.78 Å². The zero-order valence-corrected chi connectivity index (χ0v) is 17.9. The van der Waals surface area contributed by atoms with Crippen LogP contribution in [0, 0.1) is 28.6 Å². The minimum Gasteiger partial charge on any atom is -0.462 e. The molecule has 0 aliphatic heterocycles. The lowest BCUT2D eigenvalue weighted by molar-refractivity contribution is -0.148. The Hall–Kier alpha value is -1.90. The van der Waals surface area contributed by atoms with Crippen LogP contribution in [0.15, 0.2) is 42.3 Å². The van der Waals surface area contributed by atoms with Crippen LogP contribution in [0.25, 0.3) is 5.57 Å². The van der Waals surface area contributed by atoms with Gasteiger partial charge in [-0.2, -0.15) is 0 Å². The van der Waals surface area contributed by atoms with E-state index in [1.165, 1.54) is 30.1 Å². The molecule has 5 rings (SSSR count). The lowest BCUT2D eigenvalue weighted by Crippen LogP contribution is -2.50. The minimum atomic E-state index is -0.459. The van der Waals surface area contributed by atoms with E-state index in [0.29, 0.717) is 11.8 Å². The molecule has 29 heavy (non-hydrogen) atoms. The van der Waals surface area contributed by atoms with Crippen molar-refractivity contribution >= 4 is 11.5 Å². The molecular formula is C26H33NO2. The van der Waals surface area contributed by atoms with E-state index in [1.807, 2.05) is 18.5 Å². The Morgan fingerprint density at radius 1 is 1.21 bits per heavy atom. The number of hydrogen-bond acceptors (Lipinski definition) is 3. The van der Waals surface area contributed by atoms with E-state index in [-0.39, 0.29) is 22.9 Å². The molecule has 6 atom stereocenters. The van der Waals surface area contributed by atoms with Crippen LogP contribution in [-0.2, 0) is 9.53 Å². The number of ether oxygens (including phenoxy) is 1. The molecule has 1 heterocycles. The largest absolute Gasteiger partial charge is 0.462 e. The van der Waals surface area contributed by atoms with Gasteiger partial charge in [-0.1, -0.05) is 37.6 Å². The number of fused-ring (bicyclic) bond motifs is 5. The van der Waals surface area contributed by atoms with Crippen molar-refractivity contribution < 1.29 is 10.9 Å². The van der Waals surface area contributed by atoms with Gasteiger partial charge in [0, 0.05) is 27.1 Å². The van der Waals surface area contributed by atoms with Crippen molar-refractivity contribution in [2.75, 3.05) is 0 Å². The molecule has 0 amide bonds. The fourth-order valence-corrected chi connectivity index (χ4v) is 7.15. The molecule has 0 radical (unpaired) electrons. The van der Waals surface area contributed by atoms with Gasteiger partial charge in [0.25, 0.3) is 0 Å². The Morgan fingerprint density at radius 2 is 2.03 bits per heavy atom. The number of hydrogen-bond donors (Lipinski definition) is 0.